The first-order valence-electron chi connectivity index (χ1n) is 9.03. The van der Waals surface area contributed by atoms with Gasteiger partial charge in [0.25, 0.3) is 0 Å². The Morgan fingerprint density at radius 1 is 1.17 bits per heavy atom. The van der Waals surface area contributed by atoms with Crippen LogP contribution in [0.4, 0.5) is 0 Å². The third kappa shape index (κ3) is 5.50. The Bertz CT molecular complexity index is 848. The lowest BCUT2D eigenvalue weighted by molar-refractivity contribution is -0.185. The molecule has 3 rings (SSSR count). The molecular weight excluding hydrogens is 394 g/mol. The molecule has 29 heavy (non-hydrogen) atoms. The minimum Gasteiger partial charge on any atom is -0.459 e. The molecule has 2 aromatic rings. The Balaban J connectivity index is 1.67. The minimum absolute atomic E-state index is 0.194. The van der Waals surface area contributed by atoms with Crippen molar-refractivity contribution in [1.29, 1.82) is 0 Å². The lowest BCUT2D eigenvalue weighted by Gasteiger charge is -2.41. The summed E-state index contributed by atoms with van der Waals surface area (Å²) in [6.07, 6.45) is -2.93. The maximum Gasteiger partial charge on any atom is 0.338 e. The molecular formula is C20H21N3O5S. The summed E-state index contributed by atoms with van der Waals surface area (Å²) in [5.41, 5.74) is 9.32. The van der Waals surface area contributed by atoms with E-state index in [4.69, 9.17) is 19.7 Å². The molecule has 2 aromatic carbocycles. The number of nitrogens with zero attached hydrogens (tertiary/aromatic N) is 3. The lowest BCUT2D eigenvalue weighted by Crippen LogP contribution is -2.57. The number of aliphatic hydroxyl groups is 1. The van der Waals surface area contributed by atoms with Crippen molar-refractivity contribution in [1.82, 2.24) is 0 Å². The fourth-order valence-electron chi connectivity index (χ4n) is 3.02. The van der Waals surface area contributed by atoms with Gasteiger partial charge in [-0.2, -0.15) is 0 Å². The summed E-state index contributed by atoms with van der Waals surface area (Å²) in [5.74, 6) is -0.531. The average Bonchev–Trinajstić information content (AvgIpc) is 2.76. The number of aliphatic hydroxyl groups excluding tert-OH is 1. The first kappa shape index (κ1) is 21.2. The van der Waals surface area contributed by atoms with E-state index in [2.05, 4.69) is 22.7 Å². The van der Waals surface area contributed by atoms with Gasteiger partial charge in [0.15, 0.2) is 0 Å². The van der Waals surface area contributed by atoms with E-state index in [9.17, 15) is 9.90 Å². The zero-order valence-electron chi connectivity index (χ0n) is 15.4. The number of esters is 1. The van der Waals surface area contributed by atoms with E-state index < -0.39 is 35.8 Å². The van der Waals surface area contributed by atoms with Crippen LogP contribution in [0.25, 0.3) is 10.4 Å². The summed E-state index contributed by atoms with van der Waals surface area (Å²) in [6.45, 7) is 0.0111. The molecule has 152 valence electrons. The molecule has 3 unspecified atom stereocenters. The van der Waals surface area contributed by atoms with Crippen molar-refractivity contribution < 1.29 is 24.1 Å². The van der Waals surface area contributed by atoms with Gasteiger partial charge in [-0.3, -0.25) is 0 Å². The van der Waals surface area contributed by atoms with Crippen LogP contribution in [0.5, 0.6) is 0 Å². The van der Waals surface area contributed by atoms with Crippen LogP contribution in [0, 0.1) is 0 Å². The summed E-state index contributed by atoms with van der Waals surface area (Å²) in [7, 11) is 0. The standard InChI is InChI=1S/C20H21N3O5S/c21-23-22-16-18(26-11-13-7-3-1-4-8-13)17(24)15(28-20(16)29)12-27-19(25)14-9-5-2-6-10-14/h1-10,15-18,20,24,29H,11-12H2/t15?,16?,17-,18?,20+/m1/s1. The van der Waals surface area contributed by atoms with Crippen molar-refractivity contribution in [2.24, 2.45) is 5.11 Å². The Labute approximate surface area is 173 Å². The zero-order chi connectivity index (χ0) is 20.6. The van der Waals surface area contributed by atoms with E-state index >= 15 is 0 Å². The molecule has 1 aliphatic heterocycles. The first-order chi connectivity index (χ1) is 14.1. The molecule has 1 fully saturated rings. The van der Waals surface area contributed by atoms with Gasteiger partial charge in [-0.15, -0.1) is 12.6 Å². The van der Waals surface area contributed by atoms with Crippen molar-refractivity contribution in [2.45, 2.75) is 36.4 Å². The van der Waals surface area contributed by atoms with Crippen LogP contribution in [-0.4, -0.2) is 47.5 Å². The van der Waals surface area contributed by atoms with Crippen LogP contribution < -0.4 is 0 Å². The molecule has 0 aliphatic carbocycles. The number of carbonyl (C=O) groups is 1. The maximum atomic E-state index is 12.2. The molecule has 0 spiro atoms. The molecule has 9 heteroatoms. The van der Waals surface area contributed by atoms with Crippen LogP contribution in [-0.2, 0) is 20.8 Å². The molecule has 0 bridgehead atoms. The molecule has 1 saturated heterocycles. The summed E-state index contributed by atoms with van der Waals surface area (Å²) in [5, 5.41) is 14.4. The normalized spacial score (nSPS) is 26.3. The Morgan fingerprint density at radius 3 is 2.48 bits per heavy atom. The summed E-state index contributed by atoms with van der Waals surface area (Å²) >= 11 is 4.33. The smallest absolute Gasteiger partial charge is 0.338 e. The Kier molecular flexibility index (Phi) is 7.51. The Morgan fingerprint density at radius 2 is 1.83 bits per heavy atom. The number of azide groups is 1. The molecule has 0 saturated carbocycles. The van der Waals surface area contributed by atoms with Crippen molar-refractivity contribution in [3.05, 3.63) is 82.2 Å². The topological polar surface area (TPSA) is 114 Å². The second-order valence-electron chi connectivity index (χ2n) is 6.48. The van der Waals surface area contributed by atoms with Gasteiger partial charge in [-0.05, 0) is 23.2 Å². The average molecular weight is 415 g/mol. The minimum atomic E-state index is -1.18. The van der Waals surface area contributed by atoms with Crippen molar-refractivity contribution in [3.8, 4) is 0 Å². The van der Waals surface area contributed by atoms with Gasteiger partial charge < -0.3 is 19.3 Å². The monoisotopic (exact) mass is 415 g/mol. The van der Waals surface area contributed by atoms with Gasteiger partial charge in [-0.25, -0.2) is 4.79 Å². The molecule has 1 aliphatic rings. The van der Waals surface area contributed by atoms with E-state index in [1.165, 1.54) is 0 Å². The molecule has 0 aromatic heterocycles. The molecule has 0 amide bonds. The molecule has 5 atom stereocenters. The summed E-state index contributed by atoms with van der Waals surface area (Å²) < 4.78 is 16.8. The van der Waals surface area contributed by atoms with Crippen molar-refractivity contribution >= 4 is 18.6 Å². The van der Waals surface area contributed by atoms with Crippen molar-refractivity contribution in [2.75, 3.05) is 6.61 Å². The number of ether oxygens (including phenoxy) is 3. The van der Waals surface area contributed by atoms with Gasteiger partial charge >= 0.3 is 5.97 Å². The van der Waals surface area contributed by atoms with Crippen LogP contribution in [0.15, 0.2) is 65.8 Å². The quantitative estimate of drug-likeness (QED) is 0.237. The predicted octanol–water partition coefficient (Wildman–Crippen LogP) is 3.12. The summed E-state index contributed by atoms with van der Waals surface area (Å²) in [6, 6.07) is 17.1. The van der Waals surface area contributed by atoms with Gasteiger partial charge in [0.2, 0.25) is 0 Å². The van der Waals surface area contributed by atoms with E-state index in [0.29, 0.717) is 5.56 Å². The highest BCUT2D eigenvalue weighted by atomic mass is 32.1. The number of thiol groups is 1. The number of benzene rings is 2. The van der Waals surface area contributed by atoms with Gasteiger partial charge in [0, 0.05) is 4.91 Å². The third-order valence-corrected chi connectivity index (χ3v) is 4.95. The zero-order valence-corrected chi connectivity index (χ0v) is 16.3. The maximum absolute atomic E-state index is 12.2. The fraction of sp³-hybridized carbons (Fsp3) is 0.350. The van der Waals surface area contributed by atoms with E-state index in [-0.39, 0.29) is 13.2 Å². The SMILES string of the molecule is [N-]=[N+]=NC1C(OCc2ccccc2)[C@H](O)C(COC(=O)c2ccccc2)O[C@H]1S. The highest BCUT2D eigenvalue weighted by molar-refractivity contribution is 7.80. The number of carbonyl (C=O) groups excluding carboxylic acids is 1. The predicted molar refractivity (Wildman–Crippen MR) is 108 cm³/mol. The van der Waals surface area contributed by atoms with E-state index in [1.807, 2.05) is 30.3 Å². The summed E-state index contributed by atoms with van der Waals surface area (Å²) in [4.78, 5) is 15.0. The second-order valence-corrected chi connectivity index (χ2v) is 6.99. The van der Waals surface area contributed by atoms with Crippen LogP contribution >= 0.6 is 12.6 Å². The van der Waals surface area contributed by atoms with E-state index in [1.54, 1.807) is 30.3 Å². The number of rotatable bonds is 7. The number of hydrogen-bond acceptors (Lipinski definition) is 7. The molecule has 0 radical (unpaired) electrons. The van der Waals surface area contributed by atoms with Gasteiger partial charge in [0.1, 0.15) is 30.3 Å². The van der Waals surface area contributed by atoms with Crippen molar-refractivity contribution in [3.63, 3.8) is 0 Å². The van der Waals surface area contributed by atoms with Crippen LogP contribution in [0.2, 0.25) is 0 Å². The largest absolute Gasteiger partial charge is 0.459 e. The van der Waals surface area contributed by atoms with Crippen LogP contribution in [0.3, 0.4) is 0 Å². The Hall–Kier alpha value is -2.55. The van der Waals surface area contributed by atoms with Crippen LogP contribution in [0.1, 0.15) is 15.9 Å². The highest BCUT2D eigenvalue weighted by Crippen LogP contribution is 2.29. The highest BCUT2D eigenvalue weighted by Gasteiger charge is 2.45. The molecule has 1 heterocycles. The fourth-order valence-corrected chi connectivity index (χ4v) is 3.40. The lowest BCUT2D eigenvalue weighted by atomic mass is 9.98. The molecule has 1 N–H and O–H groups in total. The first-order valence-corrected chi connectivity index (χ1v) is 9.55. The third-order valence-electron chi connectivity index (χ3n) is 4.52. The van der Waals surface area contributed by atoms with Gasteiger partial charge in [0.05, 0.1) is 18.3 Å². The second kappa shape index (κ2) is 10.3. The number of hydrogen-bond donors (Lipinski definition) is 2. The van der Waals surface area contributed by atoms with Gasteiger partial charge in [-0.1, -0.05) is 53.6 Å². The molecule has 8 nitrogen and oxygen atoms in total. The van der Waals surface area contributed by atoms with E-state index in [0.717, 1.165) is 5.56 Å².